The molecule has 0 aromatic heterocycles. The number of methoxy groups -OCH3 is 1. The van der Waals surface area contributed by atoms with Crippen LogP contribution in [0.5, 0.6) is 5.75 Å². The molecule has 0 heterocycles. The zero-order chi connectivity index (χ0) is 17.3. The number of hydrogen-bond donors (Lipinski definition) is 1. The fourth-order valence-corrected chi connectivity index (χ4v) is 2.45. The van der Waals surface area contributed by atoms with E-state index in [-0.39, 0.29) is 0 Å². The van der Waals surface area contributed by atoms with Crippen LogP contribution < -0.4 is 10.1 Å². The zero-order valence-electron chi connectivity index (χ0n) is 12.6. The van der Waals surface area contributed by atoms with Crippen molar-refractivity contribution >= 4 is 22.4 Å². The van der Waals surface area contributed by atoms with Gasteiger partial charge in [0.15, 0.2) is 17.4 Å². The van der Waals surface area contributed by atoms with Gasteiger partial charge in [-0.25, -0.2) is 8.78 Å². The van der Waals surface area contributed by atoms with Gasteiger partial charge in [0.2, 0.25) is 5.82 Å². The molecule has 0 saturated carbocycles. The number of carbonyl (C=O) groups is 1. The van der Waals surface area contributed by atoms with Crippen LogP contribution in [0.25, 0.3) is 10.8 Å². The second kappa shape index (κ2) is 6.23. The van der Waals surface area contributed by atoms with E-state index in [2.05, 4.69) is 10.1 Å². The Morgan fingerprint density at radius 2 is 1.71 bits per heavy atom. The van der Waals surface area contributed by atoms with Gasteiger partial charge in [0.1, 0.15) is 0 Å². The molecule has 0 saturated heterocycles. The molecule has 3 aromatic carbocycles. The Labute approximate surface area is 135 Å². The molecule has 0 bridgehead atoms. The van der Waals surface area contributed by atoms with E-state index in [1.165, 1.54) is 0 Å². The SMILES string of the molecule is COc1c(F)c(F)cc(C(=O)Nc2cccc3ccccc23)c1F. The number of amides is 1. The van der Waals surface area contributed by atoms with Gasteiger partial charge in [0, 0.05) is 11.1 Å². The van der Waals surface area contributed by atoms with E-state index in [1.54, 1.807) is 24.3 Å². The molecule has 6 heteroatoms. The molecule has 1 amide bonds. The highest BCUT2D eigenvalue weighted by molar-refractivity contribution is 6.09. The molecule has 0 radical (unpaired) electrons. The minimum atomic E-state index is -1.48. The third-order valence-corrected chi connectivity index (χ3v) is 3.60. The van der Waals surface area contributed by atoms with Crippen molar-refractivity contribution in [3.05, 3.63) is 71.5 Å². The van der Waals surface area contributed by atoms with Crippen LogP contribution >= 0.6 is 0 Å². The minimum absolute atomic E-state index is 0.432. The first-order valence-electron chi connectivity index (χ1n) is 7.03. The highest BCUT2D eigenvalue weighted by atomic mass is 19.2. The van der Waals surface area contributed by atoms with Gasteiger partial charge in [-0.05, 0) is 17.5 Å². The number of rotatable bonds is 3. The first-order valence-corrected chi connectivity index (χ1v) is 7.03. The Bertz CT molecular complexity index is 936. The number of hydrogen-bond acceptors (Lipinski definition) is 2. The van der Waals surface area contributed by atoms with E-state index in [1.807, 2.05) is 18.2 Å². The van der Waals surface area contributed by atoms with Crippen molar-refractivity contribution < 1.29 is 22.7 Å². The molecular formula is C18H12F3NO2. The summed E-state index contributed by atoms with van der Waals surface area (Å²) < 4.78 is 45.7. The van der Waals surface area contributed by atoms with Crippen LogP contribution in [-0.4, -0.2) is 13.0 Å². The van der Waals surface area contributed by atoms with Crippen LogP contribution in [0.1, 0.15) is 10.4 Å². The number of carbonyl (C=O) groups excluding carboxylic acids is 1. The lowest BCUT2D eigenvalue weighted by atomic mass is 10.1. The van der Waals surface area contributed by atoms with Crippen molar-refractivity contribution in [3.8, 4) is 5.75 Å². The molecule has 122 valence electrons. The van der Waals surface area contributed by atoms with E-state index in [4.69, 9.17) is 0 Å². The molecule has 3 aromatic rings. The Morgan fingerprint density at radius 1 is 1.00 bits per heavy atom. The van der Waals surface area contributed by atoms with E-state index < -0.39 is 34.7 Å². The van der Waals surface area contributed by atoms with Gasteiger partial charge in [-0.15, -0.1) is 0 Å². The predicted molar refractivity (Wildman–Crippen MR) is 84.8 cm³/mol. The van der Waals surface area contributed by atoms with Crippen LogP contribution in [0.3, 0.4) is 0 Å². The summed E-state index contributed by atoms with van der Waals surface area (Å²) >= 11 is 0. The van der Waals surface area contributed by atoms with Gasteiger partial charge >= 0.3 is 0 Å². The molecule has 0 aliphatic carbocycles. The summed E-state index contributed by atoms with van der Waals surface area (Å²) in [5.41, 5.74) is -0.208. The number of fused-ring (bicyclic) bond motifs is 1. The summed E-state index contributed by atoms with van der Waals surface area (Å²) in [6.07, 6.45) is 0. The first-order chi connectivity index (χ1) is 11.5. The average molecular weight is 331 g/mol. The van der Waals surface area contributed by atoms with Crippen molar-refractivity contribution in [1.82, 2.24) is 0 Å². The van der Waals surface area contributed by atoms with Crippen molar-refractivity contribution in [1.29, 1.82) is 0 Å². The van der Waals surface area contributed by atoms with Crippen LogP contribution in [0.15, 0.2) is 48.5 Å². The highest BCUT2D eigenvalue weighted by Crippen LogP contribution is 2.28. The second-order valence-electron chi connectivity index (χ2n) is 5.05. The number of benzene rings is 3. The van der Waals surface area contributed by atoms with Crippen molar-refractivity contribution in [2.24, 2.45) is 0 Å². The number of ether oxygens (including phenoxy) is 1. The molecule has 0 spiro atoms. The summed E-state index contributed by atoms with van der Waals surface area (Å²) in [6.45, 7) is 0. The third kappa shape index (κ3) is 2.67. The maximum absolute atomic E-state index is 14.2. The van der Waals surface area contributed by atoms with Gasteiger partial charge in [-0.2, -0.15) is 4.39 Å². The van der Waals surface area contributed by atoms with Gasteiger partial charge in [-0.3, -0.25) is 4.79 Å². The summed E-state index contributed by atoms with van der Waals surface area (Å²) in [5, 5.41) is 4.13. The molecule has 0 fully saturated rings. The topological polar surface area (TPSA) is 38.3 Å². The Kier molecular flexibility index (Phi) is 4.12. The monoisotopic (exact) mass is 331 g/mol. The maximum Gasteiger partial charge on any atom is 0.258 e. The van der Waals surface area contributed by atoms with Gasteiger partial charge in [0.25, 0.3) is 5.91 Å². The molecule has 0 atom stereocenters. The van der Waals surface area contributed by atoms with Crippen LogP contribution in [-0.2, 0) is 0 Å². The summed E-state index contributed by atoms with van der Waals surface area (Å²) in [6, 6.07) is 13.0. The van der Waals surface area contributed by atoms with Crippen molar-refractivity contribution in [3.63, 3.8) is 0 Å². The number of nitrogens with one attached hydrogen (secondary N) is 1. The largest absolute Gasteiger partial charge is 0.491 e. The van der Waals surface area contributed by atoms with E-state index in [0.29, 0.717) is 11.8 Å². The van der Waals surface area contributed by atoms with Gasteiger partial charge in [0.05, 0.1) is 12.7 Å². The number of anilines is 1. The predicted octanol–water partition coefficient (Wildman–Crippen LogP) is 4.52. The lowest BCUT2D eigenvalue weighted by Gasteiger charge is -2.11. The fourth-order valence-electron chi connectivity index (χ4n) is 2.45. The first kappa shape index (κ1) is 15.9. The maximum atomic E-state index is 14.2. The molecule has 24 heavy (non-hydrogen) atoms. The Hall–Kier alpha value is -3.02. The van der Waals surface area contributed by atoms with E-state index in [0.717, 1.165) is 17.9 Å². The lowest BCUT2D eigenvalue weighted by Crippen LogP contribution is -2.16. The molecule has 3 nitrogen and oxygen atoms in total. The molecule has 0 aliphatic rings. The second-order valence-corrected chi connectivity index (χ2v) is 5.05. The smallest absolute Gasteiger partial charge is 0.258 e. The van der Waals surface area contributed by atoms with Gasteiger partial charge < -0.3 is 10.1 Å². The number of halogens is 3. The Balaban J connectivity index is 2.03. The summed E-state index contributed by atoms with van der Waals surface area (Å²) in [4.78, 5) is 12.3. The molecule has 3 rings (SSSR count). The quantitative estimate of drug-likeness (QED) is 0.717. The lowest BCUT2D eigenvalue weighted by molar-refractivity contribution is 0.102. The van der Waals surface area contributed by atoms with Crippen LogP contribution in [0, 0.1) is 17.5 Å². The minimum Gasteiger partial charge on any atom is -0.491 e. The van der Waals surface area contributed by atoms with E-state index >= 15 is 0 Å². The zero-order valence-corrected chi connectivity index (χ0v) is 12.6. The summed E-state index contributed by atoms with van der Waals surface area (Å²) in [5.74, 6) is -5.93. The van der Waals surface area contributed by atoms with Crippen LogP contribution in [0.4, 0.5) is 18.9 Å². The average Bonchev–Trinajstić information content (AvgIpc) is 2.59. The molecular weight excluding hydrogens is 319 g/mol. The summed E-state index contributed by atoms with van der Waals surface area (Å²) in [7, 11) is 0.993. The molecule has 1 N–H and O–H groups in total. The fraction of sp³-hybridized carbons (Fsp3) is 0.0556. The van der Waals surface area contributed by atoms with Crippen molar-refractivity contribution in [2.75, 3.05) is 12.4 Å². The Morgan fingerprint density at radius 3 is 2.46 bits per heavy atom. The van der Waals surface area contributed by atoms with Crippen LogP contribution in [0.2, 0.25) is 0 Å². The third-order valence-electron chi connectivity index (χ3n) is 3.60. The van der Waals surface area contributed by atoms with E-state index in [9.17, 15) is 18.0 Å². The van der Waals surface area contributed by atoms with Gasteiger partial charge in [-0.1, -0.05) is 36.4 Å². The highest BCUT2D eigenvalue weighted by Gasteiger charge is 2.23. The molecule has 0 aliphatic heterocycles. The standard InChI is InChI=1S/C18H12F3NO2/c1-24-17-15(20)12(9-13(19)16(17)21)18(23)22-14-8-4-6-10-5-2-3-7-11(10)14/h2-9H,1H3,(H,22,23). The van der Waals surface area contributed by atoms with Crippen molar-refractivity contribution in [2.45, 2.75) is 0 Å². The normalized spacial score (nSPS) is 10.7. The molecule has 0 unspecified atom stereocenters.